The third-order valence-corrected chi connectivity index (χ3v) is 4.10. The summed E-state index contributed by atoms with van der Waals surface area (Å²) in [4.78, 5) is 14.3. The number of nitrogens with one attached hydrogen (secondary N) is 1. The lowest BCUT2D eigenvalue weighted by atomic mass is 9.93. The molecule has 1 N–H and O–H groups in total. The number of nitrogens with zero attached hydrogens (tertiary/aromatic N) is 1. The molecule has 1 aromatic carbocycles. The van der Waals surface area contributed by atoms with Crippen molar-refractivity contribution in [2.24, 2.45) is 5.92 Å². The van der Waals surface area contributed by atoms with Crippen molar-refractivity contribution in [3.05, 3.63) is 29.6 Å². The maximum absolute atomic E-state index is 13.4. The summed E-state index contributed by atoms with van der Waals surface area (Å²) < 4.78 is 18.5. The molecule has 2 rings (SSSR count). The van der Waals surface area contributed by atoms with Gasteiger partial charge in [-0.05, 0) is 57.0 Å². The fourth-order valence-electron chi connectivity index (χ4n) is 2.79. The Kier molecular flexibility index (Phi) is 7.62. The number of carbonyl (C=O) groups is 1. The number of ether oxygens (including phenoxy) is 1. The number of benzene rings is 1. The maximum atomic E-state index is 13.4. The first kappa shape index (κ1) is 18.7. The standard InChI is InChI=1S/C16H23FN2O2.ClH/c1-18-8-5-12-6-9-19(10-7-12)16(20)14-11-13(17)3-4-15(14)21-2;/h3-4,11-12,18H,5-10H2,1-2H3;1H. The van der Waals surface area contributed by atoms with Gasteiger partial charge in [0.2, 0.25) is 0 Å². The Bertz CT molecular complexity index is 491. The van der Waals surface area contributed by atoms with Crippen molar-refractivity contribution in [2.75, 3.05) is 33.8 Å². The van der Waals surface area contributed by atoms with E-state index in [9.17, 15) is 9.18 Å². The van der Waals surface area contributed by atoms with Crippen molar-refractivity contribution in [3.8, 4) is 5.75 Å². The molecule has 0 aliphatic carbocycles. The van der Waals surface area contributed by atoms with Crippen LogP contribution < -0.4 is 10.1 Å². The highest BCUT2D eigenvalue weighted by molar-refractivity contribution is 5.97. The summed E-state index contributed by atoms with van der Waals surface area (Å²) in [6.45, 7) is 2.47. The highest BCUT2D eigenvalue weighted by atomic mass is 35.5. The molecular weight excluding hydrogens is 307 g/mol. The number of hydrogen-bond acceptors (Lipinski definition) is 3. The van der Waals surface area contributed by atoms with Crippen LogP contribution in [0.15, 0.2) is 18.2 Å². The normalized spacial score (nSPS) is 15.3. The molecule has 0 aromatic heterocycles. The summed E-state index contributed by atoms with van der Waals surface area (Å²) in [5, 5.41) is 3.16. The van der Waals surface area contributed by atoms with Gasteiger partial charge in [0, 0.05) is 13.1 Å². The number of piperidine rings is 1. The molecule has 1 aliphatic rings. The van der Waals surface area contributed by atoms with Gasteiger partial charge in [-0.3, -0.25) is 4.79 Å². The Balaban J connectivity index is 0.00000242. The number of hydrogen-bond donors (Lipinski definition) is 1. The second kappa shape index (κ2) is 8.96. The number of methoxy groups -OCH3 is 1. The molecule has 124 valence electrons. The van der Waals surface area contributed by atoms with Crippen LogP contribution in [0.2, 0.25) is 0 Å². The van der Waals surface area contributed by atoms with Gasteiger partial charge in [-0.1, -0.05) is 0 Å². The molecule has 0 atom stereocenters. The maximum Gasteiger partial charge on any atom is 0.257 e. The fourth-order valence-corrected chi connectivity index (χ4v) is 2.79. The number of amides is 1. The van der Waals surface area contributed by atoms with E-state index in [1.807, 2.05) is 7.05 Å². The van der Waals surface area contributed by atoms with Crippen molar-refractivity contribution in [3.63, 3.8) is 0 Å². The molecule has 0 radical (unpaired) electrons. The van der Waals surface area contributed by atoms with Gasteiger partial charge >= 0.3 is 0 Å². The van der Waals surface area contributed by atoms with Gasteiger partial charge in [0.1, 0.15) is 11.6 Å². The van der Waals surface area contributed by atoms with Crippen molar-refractivity contribution in [1.82, 2.24) is 10.2 Å². The van der Waals surface area contributed by atoms with Crippen molar-refractivity contribution < 1.29 is 13.9 Å². The predicted molar refractivity (Wildman–Crippen MR) is 87.4 cm³/mol. The van der Waals surface area contributed by atoms with Crippen molar-refractivity contribution in [1.29, 1.82) is 0 Å². The first-order chi connectivity index (χ1) is 10.2. The zero-order valence-electron chi connectivity index (χ0n) is 13.1. The molecule has 0 saturated carbocycles. The second-order valence-electron chi connectivity index (χ2n) is 5.47. The molecule has 0 unspecified atom stereocenters. The molecule has 22 heavy (non-hydrogen) atoms. The molecule has 6 heteroatoms. The van der Waals surface area contributed by atoms with E-state index < -0.39 is 5.82 Å². The van der Waals surface area contributed by atoms with Crippen LogP contribution in [-0.4, -0.2) is 44.6 Å². The first-order valence-electron chi connectivity index (χ1n) is 7.43. The van der Waals surface area contributed by atoms with Gasteiger partial charge in [0.25, 0.3) is 5.91 Å². The van der Waals surface area contributed by atoms with Crippen LogP contribution in [0, 0.1) is 11.7 Å². The van der Waals surface area contributed by atoms with Gasteiger partial charge in [-0.2, -0.15) is 0 Å². The summed E-state index contributed by atoms with van der Waals surface area (Å²) in [7, 11) is 3.45. The number of halogens is 2. The van der Waals surface area contributed by atoms with E-state index >= 15 is 0 Å². The number of rotatable bonds is 5. The van der Waals surface area contributed by atoms with E-state index in [4.69, 9.17) is 4.74 Å². The minimum Gasteiger partial charge on any atom is -0.496 e. The van der Waals surface area contributed by atoms with Gasteiger partial charge in [0.05, 0.1) is 12.7 Å². The molecule has 1 heterocycles. The summed E-state index contributed by atoms with van der Waals surface area (Å²) in [6.07, 6.45) is 3.15. The number of likely N-dealkylation sites (tertiary alicyclic amines) is 1. The topological polar surface area (TPSA) is 41.6 Å². The third kappa shape index (κ3) is 4.58. The van der Waals surface area contributed by atoms with E-state index in [2.05, 4.69) is 5.32 Å². The number of carbonyl (C=O) groups excluding carboxylic acids is 1. The van der Waals surface area contributed by atoms with Gasteiger partial charge < -0.3 is 15.0 Å². The van der Waals surface area contributed by atoms with Crippen LogP contribution in [0.1, 0.15) is 29.6 Å². The average molecular weight is 331 g/mol. The van der Waals surface area contributed by atoms with Crippen LogP contribution in [0.4, 0.5) is 4.39 Å². The largest absolute Gasteiger partial charge is 0.496 e. The fraction of sp³-hybridized carbons (Fsp3) is 0.562. The highest BCUT2D eigenvalue weighted by Crippen LogP contribution is 2.25. The van der Waals surface area contributed by atoms with E-state index in [0.717, 1.165) is 38.9 Å². The van der Waals surface area contributed by atoms with Crippen LogP contribution >= 0.6 is 12.4 Å². The predicted octanol–water partition coefficient (Wildman–Crippen LogP) is 2.72. The summed E-state index contributed by atoms with van der Waals surface area (Å²) in [6, 6.07) is 4.07. The molecule has 1 aromatic rings. The summed E-state index contributed by atoms with van der Waals surface area (Å²) in [5.74, 6) is 0.538. The van der Waals surface area contributed by atoms with Crippen LogP contribution in [-0.2, 0) is 0 Å². The Morgan fingerprint density at radius 3 is 2.68 bits per heavy atom. The zero-order chi connectivity index (χ0) is 15.2. The highest BCUT2D eigenvalue weighted by Gasteiger charge is 2.25. The zero-order valence-corrected chi connectivity index (χ0v) is 13.9. The summed E-state index contributed by atoms with van der Waals surface area (Å²) >= 11 is 0. The van der Waals surface area contributed by atoms with Gasteiger partial charge in [-0.15, -0.1) is 12.4 Å². The van der Waals surface area contributed by atoms with Crippen LogP contribution in [0.5, 0.6) is 5.75 Å². The molecule has 4 nitrogen and oxygen atoms in total. The lowest BCUT2D eigenvalue weighted by Gasteiger charge is -2.32. The lowest BCUT2D eigenvalue weighted by Crippen LogP contribution is -2.39. The molecule has 0 spiro atoms. The first-order valence-corrected chi connectivity index (χ1v) is 7.43. The van der Waals surface area contributed by atoms with Gasteiger partial charge in [-0.25, -0.2) is 4.39 Å². The van der Waals surface area contributed by atoms with Crippen molar-refractivity contribution in [2.45, 2.75) is 19.3 Å². The second-order valence-corrected chi connectivity index (χ2v) is 5.47. The minimum absolute atomic E-state index is 0. The van der Waals surface area contributed by atoms with Gasteiger partial charge in [0.15, 0.2) is 0 Å². The van der Waals surface area contributed by atoms with Crippen molar-refractivity contribution >= 4 is 18.3 Å². The molecule has 1 aliphatic heterocycles. The Morgan fingerprint density at radius 2 is 2.09 bits per heavy atom. The smallest absolute Gasteiger partial charge is 0.257 e. The minimum atomic E-state index is -0.414. The van der Waals surface area contributed by atoms with Crippen LogP contribution in [0.3, 0.4) is 0 Å². The Morgan fingerprint density at radius 1 is 1.41 bits per heavy atom. The van der Waals surface area contributed by atoms with E-state index in [1.165, 1.54) is 25.3 Å². The van der Waals surface area contributed by atoms with E-state index in [1.54, 1.807) is 4.90 Å². The Hall–Kier alpha value is -1.33. The summed E-state index contributed by atoms with van der Waals surface area (Å²) in [5.41, 5.74) is 0.311. The SMILES string of the molecule is CNCCC1CCN(C(=O)c2cc(F)ccc2OC)CC1.Cl. The molecule has 0 bridgehead atoms. The van der Waals surface area contributed by atoms with E-state index in [0.29, 0.717) is 17.2 Å². The third-order valence-electron chi connectivity index (χ3n) is 4.10. The molecule has 1 amide bonds. The molecule has 1 fully saturated rings. The van der Waals surface area contributed by atoms with Crippen LogP contribution in [0.25, 0.3) is 0 Å². The average Bonchev–Trinajstić information content (AvgIpc) is 2.52. The molecule has 1 saturated heterocycles. The Labute approximate surface area is 137 Å². The monoisotopic (exact) mass is 330 g/mol. The van der Waals surface area contributed by atoms with E-state index in [-0.39, 0.29) is 18.3 Å². The lowest BCUT2D eigenvalue weighted by molar-refractivity contribution is 0.0683. The molecular formula is C16H24ClFN2O2. The quantitative estimate of drug-likeness (QED) is 0.902.